The first kappa shape index (κ1) is 26.1. The molecule has 1 atom stereocenters. The summed E-state index contributed by atoms with van der Waals surface area (Å²) in [6.07, 6.45) is -5.00. The molecule has 1 unspecified atom stereocenters. The third-order valence-electron chi connectivity index (χ3n) is 4.87. The number of fused-ring (bicyclic) bond motifs is 3. The zero-order valence-corrected chi connectivity index (χ0v) is 19.9. The van der Waals surface area contributed by atoms with Crippen molar-refractivity contribution in [1.82, 2.24) is 10.3 Å². The highest BCUT2D eigenvalue weighted by Crippen LogP contribution is 2.40. The number of ether oxygens (including phenoxy) is 3. The topological polar surface area (TPSA) is 98.8 Å². The molecule has 1 aromatic heterocycles. The van der Waals surface area contributed by atoms with E-state index in [9.17, 15) is 22.8 Å². The lowest BCUT2D eigenvalue weighted by Gasteiger charge is -2.25. The van der Waals surface area contributed by atoms with Gasteiger partial charge in [-0.2, -0.15) is 13.2 Å². The van der Waals surface area contributed by atoms with Gasteiger partial charge in [0, 0.05) is 36.7 Å². The number of alkyl carbamates (subject to hydrolysis) is 1. The first-order chi connectivity index (χ1) is 16.3. The quantitative estimate of drug-likeness (QED) is 0.547. The van der Waals surface area contributed by atoms with Crippen LogP contribution in [-0.4, -0.2) is 41.4 Å². The Kier molecular flexibility index (Phi) is 7.76. The van der Waals surface area contributed by atoms with Gasteiger partial charge in [0.25, 0.3) is 0 Å². The van der Waals surface area contributed by atoms with E-state index in [2.05, 4.69) is 15.6 Å². The van der Waals surface area contributed by atoms with Crippen LogP contribution in [0.1, 0.15) is 46.1 Å². The molecule has 0 radical (unpaired) electrons. The summed E-state index contributed by atoms with van der Waals surface area (Å²) in [5.41, 5.74) is 1.65. The fourth-order valence-electron chi connectivity index (χ4n) is 3.39. The summed E-state index contributed by atoms with van der Waals surface area (Å²) < 4.78 is 54.9. The van der Waals surface area contributed by atoms with E-state index < -0.39 is 30.3 Å². The summed E-state index contributed by atoms with van der Waals surface area (Å²) in [6, 6.07) is 5.87. The van der Waals surface area contributed by atoms with E-state index in [0.29, 0.717) is 17.3 Å². The van der Waals surface area contributed by atoms with Crippen molar-refractivity contribution in [2.24, 2.45) is 0 Å². The van der Waals surface area contributed by atoms with Crippen molar-refractivity contribution in [3.63, 3.8) is 0 Å². The molecular formula is C24H28F3N3O5. The van der Waals surface area contributed by atoms with E-state index in [1.54, 1.807) is 51.2 Å². The minimum atomic E-state index is -4.37. The van der Waals surface area contributed by atoms with Gasteiger partial charge in [0.2, 0.25) is 5.91 Å². The fourth-order valence-corrected chi connectivity index (χ4v) is 3.39. The number of anilines is 1. The van der Waals surface area contributed by atoms with Gasteiger partial charge in [0.05, 0.1) is 6.04 Å². The Morgan fingerprint density at radius 2 is 1.91 bits per heavy atom. The third kappa shape index (κ3) is 8.04. The lowest BCUT2D eigenvalue weighted by molar-refractivity contribution is -0.137. The minimum Gasteiger partial charge on any atom is -0.491 e. The van der Waals surface area contributed by atoms with Crippen LogP contribution in [-0.2, 0) is 16.1 Å². The Morgan fingerprint density at radius 1 is 1.17 bits per heavy atom. The van der Waals surface area contributed by atoms with E-state index in [0.717, 1.165) is 16.7 Å². The molecule has 0 aliphatic carbocycles. The number of rotatable bonds is 7. The lowest BCUT2D eigenvalue weighted by Crippen LogP contribution is -2.42. The molecule has 11 heteroatoms. The number of halogens is 3. The number of nitrogens with one attached hydrogen (secondary N) is 2. The standard InChI is InChI=1S/C24H28F3N3O5/c1-14(31)29-21-10-19-15(11-28-21)12-34-20-9-17(5-6-18(19)20)33-13-16(7-8-24(25,26)27)30-22(32)35-23(2,3)4/h5-6,9-11,16H,7-8,12-13H2,1-4H3,(H,30,32)(H,28,29,31). The zero-order chi connectivity index (χ0) is 25.8. The molecule has 0 saturated heterocycles. The highest BCUT2D eigenvalue weighted by atomic mass is 19.4. The second-order valence-corrected chi connectivity index (χ2v) is 9.16. The Labute approximate surface area is 201 Å². The SMILES string of the molecule is CC(=O)Nc1cc2c(cn1)COc1cc(OCC(CCC(F)(F)F)NC(=O)OC(C)(C)C)ccc1-2. The normalized spacial score (nSPS) is 13.6. The highest BCUT2D eigenvalue weighted by Gasteiger charge is 2.30. The van der Waals surface area contributed by atoms with Crippen molar-refractivity contribution in [3.05, 3.63) is 36.0 Å². The molecule has 1 aromatic carbocycles. The highest BCUT2D eigenvalue weighted by molar-refractivity contribution is 5.89. The molecule has 2 aromatic rings. The maximum atomic E-state index is 12.8. The summed E-state index contributed by atoms with van der Waals surface area (Å²) in [7, 11) is 0. The second-order valence-electron chi connectivity index (χ2n) is 9.16. The Balaban J connectivity index is 1.72. The summed E-state index contributed by atoms with van der Waals surface area (Å²) >= 11 is 0. The van der Waals surface area contributed by atoms with E-state index in [-0.39, 0.29) is 25.5 Å². The van der Waals surface area contributed by atoms with E-state index in [4.69, 9.17) is 14.2 Å². The van der Waals surface area contributed by atoms with Crippen molar-refractivity contribution < 1.29 is 37.0 Å². The van der Waals surface area contributed by atoms with Crippen molar-refractivity contribution >= 4 is 17.8 Å². The predicted molar refractivity (Wildman–Crippen MR) is 122 cm³/mol. The van der Waals surface area contributed by atoms with Crippen LogP contribution in [0.2, 0.25) is 0 Å². The monoisotopic (exact) mass is 495 g/mol. The number of pyridine rings is 1. The molecule has 3 rings (SSSR count). The van der Waals surface area contributed by atoms with Gasteiger partial charge in [0.1, 0.15) is 36.1 Å². The number of alkyl halides is 3. The number of carbonyl (C=O) groups is 2. The second kappa shape index (κ2) is 10.4. The number of amides is 2. The smallest absolute Gasteiger partial charge is 0.407 e. The molecule has 2 heterocycles. The Morgan fingerprint density at radius 3 is 2.57 bits per heavy atom. The molecular weight excluding hydrogens is 467 g/mol. The van der Waals surface area contributed by atoms with Gasteiger partial charge in [-0.3, -0.25) is 4.79 Å². The van der Waals surface area contributed by atoms with Crippen LogP contribution >= 0.6 is 0 Å². The molecule has 0 fully saturated rings. The third-order valence-corrected chi connectivity index (χ3v) is 4.87. The van der Waals surface area contributed by atoms with Crippen molar-refractivity contribution in [2.45, 2.75) is 65.0 Å². The Bertz CT molecular complexity index is 1080. The predicted octanol–water partition coefficient (Wildman–Crippen LogP) is 5.21. The lowest BCUT2D eigenvalue weighted by atomic mass is 9.98. The molecule has 1 aliphatic heterocycles. The molecule has 2 N–H and O–H groups in total. The molecule has 190 valence electrons. The first-order valence-corrected chi connectivity index (χ1v) is 11.0. The van der Waals surface area contributed by atoms with Crippen molar-refractivity contribution in [3.8, 4) is 22.6 Å². The van der Waals surface area contributed by atoms with E-state index in [1.807, 2.05) is 0 Å². The van der Waals surface area contributed by atoms with Crippen LogP contribution in [0.25, 0.3) is 11.1 Å². The number of carbonyl (C=O) groups excluding carboxylic acids is 2. The summed E-state index contributed by atoms with van der Waals surface area (Å²) in [5.74, 6) is 1.05. The summed E-state index contributed by atoms with van der Waals surface area (Å²) in [4.78, 5) is 27.6. The zero-order valence-electron chi connectivity index (χ0n) is 19.9. The average Bonchev–Trinajstić information content (AvgIpc) is 2.73. The largest absolute Gasteiger partial charge is 0.491 e. The van der Waals surface area contributed by atoms with Gasteiger partial charge in [0.15, 0.2) is 0 Å². The average molecular weight is 495 g/mol. The van der Waals surface area contributed by atoms with Gasteiger partial charge < -0.3 is 24.8 Å². The molecule has 2 amide bonds. The number of hydrogen-bond acceptors (Lipinski definition) is 6. The number of nitrogens with zero attached hydrogens (tertiary/aromatic N) is 1. The first-order valence-electron chi connectivity index (χ1n) is 11.0. The summed E-state index contributed by atoms with van der Waals surface area (Å²) in [5, 5.41) is 5.10. The maximum absolute atomic E-state index is 12.8. The number of aromatic nitrogens is 1. The molecule has 0 saturated carbocycles. The number of benzene rings is 1. The molecule has 1 aliphatic rings. The van der Waals surface area contributed by atoms with Crippen LogP contribution in [0.5, 0.6) is 11.5 Å². The van der Waals surface area contributed by atoms with Gasteiger partial charge in [-0.15, -0.1) is 0 Å². The Hall–Kier alpha value is -3.50. The van der Waals surface area contributed by atoms with E-state index in [1.165, 1.54) is 6.92 Å². The van der Waals surface area contributed by atoms with Gasteiger partial charge >= 0.3 is 12.3 Å². The molecule has 8 nitrogen and oxygen atoms in total. The molecule has 0 spiro atoms. The van der Waals surface area contributed by atoms with Crippen molar-refractivity contribution in [2.75, 3.05) is 11.9 Å². The summed E-state index contributed by atoms with van der Waals surface area (Å²) in [6.45, 7) is 6.44. The van der Waals surface area contributed by atoms with Crippen LogP contribution in [0, 0.1) is 0 Å². The van der Waals surface area contributed by atoms with Crippen LogP contribution in [0.4, 0.5) is 23.8 Å². The van der Waals surface area contributed by atoms with Crippen LogP contribution in [0.3, 0.4) is 0 Å². The van der Waals surface area contributed by atoms with Crippen LogP contribution < -0.4 is 20.1 Å². The molecule has 35 heavy (non-hydrogen) atoms. The maximum Gasteiger partial charge on any atom is 0.407 e. The van der Waals surface area contributed by atoms with E-state index >= 15 is 0 Å². The fraction of sp³-hybridized carbons (Fsp3) is 0.458. The van der Waals surface area contributed by atoms with Crippen LogP contribution in [0.15, 0.2) is 30.5 Å². The molecule has 0 bridgehead atoms. The van der Waals surface area contributed by atoms with Crippen molar-refractivity contribution in [1.29, 1.82) is 0 Å². The van der Waals surface area contributed by atoms with Gasteiger partial charge in [-0.25, -0.2) is 9.78 Å². The minimum absolute atomic E-state index is 0.193. The van der Waals surface area contributed by atoms with Gasteiger partial charge in [-0.1, -0.05) is 0 Å². The van der Waals surface area contributed by atoms with Gasteiger partial charge in [-0.05, 0) is 51.0 Å². The number of hydrogen-bond donors (Lipinski definition) is 2.